The fourth-order valence-electron chi connectivity index (χ4n) is 3.31. The molecule has 1 aromatic carbocycles. The molecular formula is C17H24ClN3O4S. The van der Waals surface area contributed by atoms with Gasteiger partial charge in [0.2, 0.25) is 10.0 Å². The number of nitrogens with zero attached hydrogens (tertiary/aromatic N) is 1. The number of morpholine rings is 1. The first-order valence-electron chi connectivity index (χ1n) is 8.89. The summed E-state index contributed by atoms with van der Waals surface area (Å²) in [7, 11) is -3.64. The van der Waals surface area contributed by atoms with E-state index in [1.54, 1.807) is 0 Å². The molecule has 0 spiro atoms. The molecule has 1 aromatic rings. The molecule has 3 rings (SSSR count). The van der Waals surface area contributed by atoms with Crippen molar-refractivity contribution in [3.63, 3.8) is 0 Å². The summed E-state index contributed by atoms with van der Waals surface area (Å²) in [5.41, 5.74) is 0.282. The first-order valence-corrected chi connectivity index (χ1v) is 10.7. The van der Waals surface area contributed by atoms with Crippen molar-refractivity contribution >= 4 is 33.3 Å². The van der Waals surface area contributed by atoms with Crippen molar-refractivity contribution in [2.75, 3.05) is 38.2 Å². The highest BCUT2D eigenvalue weighted by molar-refractivity contribution is 7.89. The Hall–Kier alpha value is -1.35. The highest BCUT2D eigenvalue weighted by Gasteiger charge is 2.27. The maximum absolute atomic E-state index is 12.7. The van der Waals surface area contributed by atoms with Crippen molar-refractivity contribution in [2.45, 2.75) is 30.6 Å². The Bertz CT molecular complexity index is 744. The lowest BCUT2D eigenvalue weighted by atomic mass is 10.1. The van der Waals surface area contributed by atoms with E-state index in [0.717, 1.165) is 12.8 Å². The zero-order valence-corrected chi connectivity index (χ0v) is 16.1. The third-order valence-electron chi connectivity index (χ3n) is 4.82. The van der Waals surface area contributed by atoms with Crippen molar-refractivity contribution < 1.29 is 17.9 Å². The molecule has 1 saturated carbocycles. The van der Waals surface area contributed by atoms with Gasteiger partial charge in [-0.05, 0) is 37.0 Å². The predicted molar refractivity (Wildman–Crippen MR) is 100 cm³/mol. The number of ether oxygens (including phenoxy) is 1. The Morgan fingerprint density at radius 3 is 2.62 bits per heavy atom. The number of benzene rings is 1. The largest absolute Gasteiger partial charge is 0.379 e. The van der Waals surface area contributed by atoms with Gasteiger partial charge < -0.3 is 15.4 Å². The Morgan fingerprint density at radius 2 is 1.92 bits per heavy atom. The normalized spacial score (nSPS) is 19.4. The Balaban J connectivity index is 1.67. The van der Waals surface area contributed by atoms with Gasteiger partial charge in [0.05, 0.1) is 28.8 Å². The third-order valence-corrected chi connectivity index (χ3v) is 7.04. The standard InChI is InChI=1S/C17H24ClN3O4S/c18-15-6-5-14(26(23,24)21-7-9-25-10-8-21)11-16(15)20-17(22)19-12-13-3-1-2-4-13/h5-6,11,13H,1-4,7-10,12H2,(H2,19,20,22). The lowest BCUT2D eigenvalue weighted by Crippen LogP contribution is -2.40. The highest BCUT2D eigenvalue weighted by Crippen LogP contribution is 2.27. The number of hydrogen-bond acceptors (Lipinski definition) is 4. The van der Waals surface area contributed by atoms with Gasteiger partial charge >= 0.3 is 6.03 Å². The molecular weight excluding hydrogens is 378 g/mol. The molecule has 2 amide bonds. The van der Waals surface area contributed by atoms with Crippen LogP contribution < -0.4 is 10.6 Å². The Morgan fingerprint density at radius 1 is 1.23 bits per heavy atom. The van der Waals surface area contributed by atoms with E-state index in [9.17, 15) is 13.2 Å². The van der Waals surface area contributed by atoms with Crippen LogP contribution in [0.4, 0.5) is 10.5 Å². The molecule has 1 heterocycles. The van der Waals surface area contributed by atoms with Gasteiger partial charge in [0.1, 0.15) is 0 Å². The summed E-state index contributed by atoms with van der Waals surface area (Å²) in [5, 5.41) is 5.79. The first kappa shape index (κ1) is 19.4. The minimum Gasteiger partial charge on any atom is -0.379 e. The predicted octanol–water partition coefficient (Wildman–Crippen LogP) is 2.67. The second-order valence-corrected chi connectivity index (χ2v) is 8.99. The van der Waals surface area contributed by atoms with E-state index >= 15 is 0 Å². The average Bonchev–Trinajstić information content (AvgIpc) is 3.16. The second kappa shape index (κ2) is 8.56. The minimum absolute atomic E-state index is 0.106. The quantitative estimate of drug-likeness (QED) is 0.793. The lowest BCUT2D eigenvalue weighted by molar-refractivity contribution is 0.0730. The monoisotopic (exact) mass is 401 g/mol. The summed E-state index contributed by atoms with van der Waals surface area (Å²) in [6.07, 6.45) is 4.69. The van der Waals surface area contributed by atoms with Gasteiger partial charge in [0.15, 0.2) is 0 Å². The van der Waals surface area contributed by atoms with E-state index in [-0.39, 0.29) is 16.6 Å². The highest BCUT2D eigenvalue weighted by atomic mass is 35.5. The molecule has 0 aromatic heterocycles. The van der Waals surface area contributed by atoms with Crippen molar-refractivity contribution in [1.29, 1.82) is 0 Å². The van der Waals surface area contributed by atoms with Crippen molar-refractivity contribution in [3.05, 3.63) is 23.2 Å². The van der Waals surface area contributed by atoms with Crippen molar-refractivity contribution in [2.24, 2.45) is 5.92 Å². The summed E-state index contributed by atoms with van der Waals surface area (Å²) in [6, 6.07) is 3.97. The number of rotatable bonds is 5. The first-order chi connectivity index (χ1) is 12.5. The number of carbonyl (C=O) groups is 1. The van der Waals surface area contributed by atoms with Crippen LogP contribution >= 0.6 is 11.6 Å². The van der Waals surface area contributed by atoms with Crippen LogP contribution in [0.25, 0.3) is 0 Å². The molecule has 2 fully saturated rings. The van der Waals surface area contributed by atoms with Gasteiger partial charge in [0.25, 0.3) is 0 Å². The van der Waals surface area contributed by atoms with Crippen LogP contribution in [0, 0.1) is 5.92 Å². The van der Waals surface area contributed by atoms with E-state index in [4.69, 9.17) is 16.3 Å². The molecule has 1 aliphatic carbocycles. The summed E-state index contributed by atoms with van der Waals surface area (Å²) >= 11 is 6.13. The summed E-state index contributed by atoms with van der Waals surface area (Å²) in [6.45, 7) is 2.00. The van der Waals surface area contributed by atoms with Crippen LogP contribution in [0.5, 0.6) is 0 Å². The molecule has 0 unspecified atom stereocenters. The summed E-state index contributed by atoms with van der Waals surface area (Å²) in [4.78, 5) is 12.2. The zero-order chi connectivity index (χ0) is 18.6. The van der Waals surface area contributed by atoms with Crippen LogP contribution in [0.15, 0.2) is 23.1 Å². The minimum atomic E-state index is -3.64. The second-order valence-electron chi connectivity index (χ2n) is 6.64. The van der Waals surface area contributed by atoms with E-state index in [1.165, 1.54) is 35.3 Å². The van der Waals surface area contributed by atoms with E-state index < -0.39 is 10.0 Å². The third kappa shape index (κ3) is 4.68. The number of nitrogens with one attached hydrogen (secondary N) is 2. The number of amides is 2. The number of halogens is 1. The van der Waals surface area contributed by atoms with Gasteiger partial charge in [-0.15, -0.1) is 0 Å². The Labute approximate surface area is 159 Å². The molecule has 9 heteroatoms. The smallest absolute Gasteiger partial charge is 0.319 e. The van der Waals surface area contributed by atoms with E-state index in [2.05, 4.69) is 10.6 Å². The molecule has 2 N–H and O–H groups in total. The van der Waals surface area contributed by atoms with Gasteiger partial charge in [-0.25, -0.2) is 13.2 Å². The molecule has 2 aliphatic rings. The molecule has 1 saturated heterocycles. The maximum atomic E-state index is 12.7. The van der Waals surface area contributed by atoms with Crippen LogP contribution in [0.1, 0.15) is 25.7 Å². The molecule has 7 nitrogen and oxygen atoms in total. The van der Waals surface area contributed by atoms with Crippen LogP contribution in [0.2, 0.25) is 5.02 Å². The summed E-state index contributed by atoms with van der Waals surface area (Å²) < 4.78 is 32.1. The molecule has 0 radical (unpaired) electrons. The molecule has 26 heavy (non-hydrogen) atoms. The van der Waals surface area contributed by atoms with Crippen molar-refractivity contribution in [1.82, 2.24) is 9.62 Å². The topological polar surface area (TPSA) is 87.7 Å². The lowest BCUT2D eigenvalue weighted by Gasteiger charge is -2.26. The number of urea groups is 1. The SMILES string of the molecule is O=C(NCC1CCCC1)Nc1cc(S(=O)(=O)N2CCOCC2)ccc1Cl. The van der Waals surface area contributed by atoms with Crippen LogP contribution in [-0.4, -0.2) is 51.6 Å². The van der Waals surface area contributed by atoms with E-state index in [1.807, 2.05) is 0 Å². The number of hydrogen-bond donors (Lipinski definition) is 2. The van der Waals surface area contributed by atoms with Crippen LogP contribution in [-0.2, 0) is 14.8 Å². The fraction of sp³-hybridized carbons (Fsp3) is 0.588. The number of carbonyl (C=O) groups excluding carboxylic acids is 1. The molecule has 1 aliphatic heterocycles. The number of anilines is 1. The molecule has 144 valence electrons. The van der Waals surface area contributed by atoms with E-state index in [0.29, 0.717) is 43.8 Å². The van der Waals surface area contributed by atoms with Gasteiger partial charge in [-0.2, -0.15) is 4.31 Å². The average molecular weight is 402 g/mol. The zero-order valence-electron chi connectivity index (χ0n) is 14.5. The molecule has 0 bridgehead atoms. The fourth-order valence-corrected chi connectivity index (χ4v) is 4.91. The Kier molecular flexibility index (Phi) is 6.39. The van der Waals surface area contributed by atoms with Crippen LogP contribution in [0.3, 0.4) is 0 Å². The summed E-state index contributed by atoms with van der Waals surface area (Å²) in [5.74, 6) is 0.518. The van der Waals surface area contributed by atoms with Gasteiger partial charge in [0, 0.05) is 19.6 Å². The number of sulfonamides is 1. The maximum Gasteiger partial charge on any atom is 0.319 e. The van der Waals surface area contributed by atoms with Gasteiger partial charge in [-0.3, -0.25) is 0 Å². The van der Waals surface area contributed by atoms with Crippen molar-refractivity contribution in [3.8, 4) is 0 Å². The molecule has 0 atom stereocenters. The van der Waals surface area contributed by atoms with Gasteiger partial charge in [-0.1, -0.05) is 24.4 Å².